The monoisotopic (exact) mass is 520 g/mol. The van der Waals surface area contributed by atoms with Gasteiger partial charge in [-0.05, 0) is 24.3 Å². The SMILES string of the molecule is C[N+](C)(C)CC(CC(=O)O)NS(=O)(=O)c1ccc(C#Cc2ccccc2)s1.O=C([O-])C(F)(F)F. The van der Waals surface area contributed by atoms with Gasteiger partial charge in [0.1, 0.15) is 10.2 Å². The fourth-order valence-corrected chi connectivity index (χ4v) is 4.88. The molecule has 13 heteroatoms. The highest BCUT2D eigenvalue weighted by molar-refractivity contribution is 7.91. The molecule has 0 spiro atoms. The van der Waals surface area contributed by atoms with E-state index in [0.717, 1.165) is 16.9 Å². The van der Waals surface area contributed by atoms with E-state index in [2.05, 4.69) is 16.6 Å². The van der Waals surface area contributed by atoms with Crippen molar-refractivity contribution < 1.29 is 45.9 Å². The van der Waals surface area contributed by atoms with Gasteiger partial charge in [-0.15, -0.1) is 11.3 Å². The van der Waals surface area contributed by atoms with Crippen molar-refractivity contribution in [3.05, 3.63) is 52.9 Å². The van der Waals surface area contributed by atoms with Gasteiger partial charge in [-0.25, -0.2) is 13.1 Å². The van der Waals surface area contributed by atoms with E-state index in [1.54, 1.807) is 6.07 Å². The molecule has 0 bridgehead atoms. The molecule has 1 heterocycles. The third-order valence-corrected chi connectivity index (χ3v) is 6.71. The van der Waals surface area contributed by atoms with Gasteiger partial charge in [0.2, 0.25) is 0 Å². The molecule has 0 aliphatic rings. The maximum atomic E-state index is 12.6. The van der Waals surface area contributed by atoms with Crippen LogP contribution >= 0.6 is 11.3 Å². The van der Waals surface area contributed by atoms with Crippen molar-refractivity contribution in [1.29, 1.82) is 0 Å². The van der Waals surface area contributed by atoms with E-state index < -0.39 is 34.2 Å². The van der Waals surface area contributed by atoms with E-state index in [1.807, 2.05) is 51.5 Å². The number of carboxylic acids is 2. The number of sulfonamides is 1. The number of nitrogens with zero attached hydrogens (tertiary/aromatic N) is 1. The van der Waals surface area contributed by atoms with Crippen LogP contribution in [0.25, 0.3) is 0 Å². The molecule has 0 aliphatic heterocycles. The number of aliphatic carboxylic acids is 2. The normalized spacial score (nSPS) is 12.5. The van der Waals surface area contributed by atoms with Crippen LogP contribution in [0.15, 0.2) is 46.7 Å². The van der Waals surface area contributed by atoms with Crippen molar-refractivity contribution >= 4 is 33.3 Å². The molecule has 8 nitrogen and oxygen atoms in total. The van der Waals surface area contributed by atoms with Crippen LogP contribution in [-0.4, -0.2) is 69.9 Å². The lowest BCUT2D eigenvalue weighted by molar-refractivity contribution is -0.871. The Labute approximate surface area is 199 Å². The maximum Gasteiger partial charge on any atom is 0.430 e. The molecule has 2 N–H and O–H groups in total. The molecule has 0 saturated carbocycles. The Morgan fingerprint density at radius 1 is 1.12 bits per heavy atom. The molecule has 2 aromatic rings. The highest BCUT2D eigenvalue weighted by Crippen LogP contribution is 2.21. The minimum absolute atomic E-state index is 0.122. The summed E-state index contributed by atoms with van der Waals surface area (Å²) in [6.45, 7) is 0.359. The summed E-state index contributed by atoms with van der Waals surface area (Å²) in [5.74, 6) is 1.89. The van der Waals surface area contributed by atoms with Crippen LogP contribution in [0.4, 0.5) is 13.2 Å². The number of halogens is 3. The van der Waals surface area contributed by atoms with E-state index in [0.29, 0.717) is 15.9 Å². The summed E-state index contributed by atoms with van der Waals surface area (Å²) in [6.07, 6.45) is -5.47. The Morgan fingerprint density at radius 3 is 2.15 bits per heavy atom. The Bertz CT molecular complexity index is 1140. The fraction of sp³-hybridized carbons (Fsp3) is 0.333. The quantitative estimate of drug-likeness (QED) is 0.419. The number of hydrogen-bond acceptors (Lipinski definition) is 6. The van der Waals surface area contributed by atoms with Crippen LogP contribution in [0, 0.1) is 11.8 Å². The van der Waals surface area contributed by atoms with Crippen molar-refractivity contribution in [2.75, 3.05) is 27.7 Å². The fourth-order valence-electron chi connectivity index (χ4n) is 2.48. The summed E-state index contributed by atoms with van der Waals surface area (Å²) in [7, 11) is 1.83. The maximum absolute atomic E-state index is 12.6. The number of carbonyl (C=O) groups is 2. The minimum Gasteiger partial charge on any atom is -0.542 e. The topological polar surface area (TPSA) is 124 Å². The second-order valence-corrected chi connectivity index (χ2v) is 10.9. The highest BCUT2D eigenvalue weighted by Gasteiger charge is 2.29. The molecule has 186 valence electrons. The number of hydrogen-bond donors (Lipinski definition) is 2. The number of quaternary nitrogens is 1. The van der Waals surface area contributed by atoms with Gasteiger partial charge < -0.3 is 19.5 Å². The number of benzene rings is 1. The Kier molecular flexibility index (Phi) is 10.3. The number of rotatable bonds is 7. The van der Waals surface area contributed by atoms with Gasteiger partial charge in [0.25, 0.3) is 10.0 Å². The molecule has 0 saturated heterocycles. The first-order valence-corrected chi connectivity index (χ1v) is 11.8. The number of likely N-dealkylation sites (N-methyl/N-ethyl adjacent to an activating group) is 1. The molecule has 0 aliphatic carbocycles. The van der Waals surface area contributed by atoms with Gasteiger partial charge >= 0.3 is 12.1 Å². The van der Waals surface area contributed by atoms with Crippen LogP contribution in [0.1, 0.15) is 16.9 Å². The second-order valence-electron chi connectivity index (χ2n) is 7.91. The molecule has 1 unspecified atom stereocenters. The van der Waals surface area contributed by atoms with Crippen molar-refractivity contribution in [1.82, 2.24) is 4.72 Å². The molecule has 0 amide bonds. The van der Waals surface area contributed by atoms with Crippen molar-refractivity contribution in [3.63, 3.8) is 0 Å². The number of carbonyl (C=O) groups excluding carboxylic acids is 1. The predicted octanol–water partition coefficient (Wildman–Crippen LogP) is 1.27. The largest absolute Gasteiger partial charge is 0.542 e. The minimum atomic E-state index is -5.19. The molecular formula is C21H23F3N2O6S2. The van der Waals surface area contributed by atoms with Gasteiger partial charge in [-0.1, -0.05) is 30.0 Å². The summed E-state index contributed by atoms with van der Waals surface area (Å²) in [5, 5.41) is 17.9. The number of alkyl halides is 3. The molecular weight excluding hydrogens is 497 g/mol. The van der Waals surface area contributed by atoms with Gasteiger partial charge in [0, 0.05) is 5.56 Å². The van der Waals surface area contributed by atoms with Gasteiger partial charge in [0.15, 0.2) is 0 Å². The van der Waals surface area contributed by atoms with Crippen LogP contribution in [-0.2, 0) is 19.6 Å². The van der Waals surface area contributed by atoms with Crippen LogP contribution in [0.3, 0.4) is 0 Å². The smallest absolute Gasteiger partial charge is 0.430 e. The molecule has 1 aromatic heterocycles. The average Bonchev–Trinajstić information content (AvgIpc) is 3.15. The predicted molar refractivity (Wildman–Crippen MR) is 117 cm³/mol. The van der Waals surface area contributed by atoms with E-state index in [1.165, 1.54) is 6.07 Å². The highest BCUT2D eigenvalue weighted by atomic mass is 32.2. The molecule has 1 atom stereocenters. The first-order chi connectivity index (χ1) is 15.5. The van der Waals surface area contributed by atoms with Crippen molar-refractivity contribution in [2.45, 2.75) is 22.8 Å². The van der Waals surface area contributed by atoms with Crippen LogP contribution < -0.4 is 9.83 Å². The van der Waals surface area contributed by atoms with Crippen molar-refractivity contribution in [3.8, 4) is 11.8 Å². The first-order valence-electron chi connectivity index (χ1n) is 9.49. The number of nitrogens with one attached hydrogen (secondary N) is 1. The number of thiophene rings is 1. The van der Waals surface area contributed by atoms with Gasteiger partial charge in [-0.2, -0.15) is 13.2 Å². The summed E-state index contributed by atoms with van der Waals surface area (Å²) in [4.78, 5) is 20.5. The first kappa shape index (κ1) is 29.1. The van der Waals surface area contributed by atoms with E-state index >= 15 is 0 Å². The lowest BCUT2D eigenvalue weighted by Crippen LogP contribution is -2.49. The molecule has 2 rings (SSSR count). The summed E-state index contributed by atoms with van der Waals surface area (Å²) < 4.78 is 59.9. The number of carboxylic acid groups (broad SMARTS) is 2. The Hall–Kier alpha value is -2.92. The average molecular weight is 521 g/mol. The zero-order valence-corrected chi connectivity index (χ0v) is 20.1. The summed E-state index contributed by atoms with van der Waals surface area (Å²) in [5.41, 5.74) is 0.845. The lowest BCUT2D eigenvalue weighted by Gasteiger charge is -2.28. The summed E-state index contributed by atoms with van der Waals surface area (Å²) >= 11 is 1.06. The molecule has 0 fully saturated rings. The Morgan fingerprint density at radius 2 is 1.68 bits per heavy atom. The summed E-state index contributed by atoms with van der Waals surface area (Å²) in [6, 6.07) is 11.9. The van der Waals surface area contributed by atoms with Gasteiger partial charge in [-0.3, -0.25) is 4.79 Å². The molecule has 0 radical (unpaired) electrons. The lowest BCUT2D eigenvalue weighted by atomic mass is 10.2. The molecule has 34 heavy (non-hydrogen) atoms. The third kappa shape index (κ3) is 11.3. The van der Waals surface area contributed by atoms with Crippen LogP contribution in [0.5, 0.6) is 0 Å². The van der Waals surface area contributed by atoms with E-state index in [-0.39, 0.29) is 10.6 Å². The van der Waals surface area contributed by atoms with E-state index in [9.17, 15) is 26.4 Å². The Balaban J connectivity index is 0.000000718. The standard InChI is InChI=1S/C19H22N2O4S2.C2HF3O2/c1-21(2,3)14-16(13-18(22)23)20-27(24,25)19-12-11-17(26-19)10-9-15-7-5-4-6-8-15;3-2(4,5)1(6)7/h4-8,11-12,16,20H,13-14H2,1-3H3;(H,6,7). The van der Waals surface area contributed by atoms with Crippen molar-refractivity contribution in [2.24, 2.45) is 0 Å². The van der Waals surface area contributed by atoms with Crippen LogP contribution in [0.2, 0.25) is 0 Å². The van der Waals surface area contributed by atoms with Gasteiger partial charge in [0.05, 0.1) is 45.0 Å². The zero-order valence-electron chi connectivity index (χ0n) is 18.4. The molecule has 1 aromatic carbocycles. The van der Waals surface area contributed by atoms with E-state index in [4.69, 9.17) is 15.0 Å². The zero-order chi connectivity index (χ0) is 26.2. The second kappa shape index (κ2) is 12.0. The third-order valence-electron chi connectivity index (χ3n) is 3.69.